The highest BCUT2D eigenvalue weighted by Crippen LogP contribution is 2.22. The quantitative estimate of drug-likeness (QED) is 0.281. The van der Waals surface area contributed by atoms with Crippen molar-refractivity contribution in [3.8, 4) is 11.4 Å². The van der Waals surface area contributed by atoms with Gasteiger partial charge < -0.3 is 29.9 Å². The first-order valence-electron chi connectivity index (χ1n) is 15.9. The number of hydrogen-bond acceptors (Lipinski definition) is 9. The molecule has 1 fully saturated rings. The summed E-state index contributed by atoms with van der Waals surface area (Å²) in [7, 11) is 0. The molecule has 2 aromatic carbocycles. The SMILES string of the molecule is CCOC(=O)N1CCN(C(=O)C(CCC(=O)OC(C)(C)C)NC(=O)c2cc(N[C@H](C)c3ccccc3)nc(-c3ccccc3)n2)CC1. The molecular weight excluding hydrogens is 600 g/mol. The van der Waals surface area contributed by atoms with E-state index in [1.165, 1.54) is 0 Å². The van der Waals surface area contributed by atoms with Crippen LogP contribution in [0.15, 0.2) is 66.7 Å². The Hall–Kier alpha value is -5.00. The summed E-state index contributed by atoms with van der Waals surface area (Å²) >= 11 is 0. The number of ether oxygens (including phenoxy) is 2. The molecule has 1 unspecified atom stereocenters. The Morgan fingerprint density at radius 1 is 0.894 bits per heavy atom. The van der Waals surface area contributed by atoms with Crippen molar-refractivity contribution in [2.24, 2.45) is 0 Å². The maximum atomic E-state index is 13.8. The number of esters is 1. The van der Waals surface area contributed by atoms with E-state index in [9.17, 15) is 19.2 Å². The normalized spacial score (nSPS) is 14.5. The van der Waals surface area contributed by atoms with Crippen molar-refractivity contribution in [1.82, 2.24) is 25.1 Å². The first kappa shape index (κ1) is 34.9. The summed E-state index contributed by atoms with van der Waals surface area (Å²) in [5.74, 6) is -0.655. The fourth-order valence-electron chi connectivity index (χ4n) is 5.09. The number of rotatable bonds is 11. The number of benzene rings is 2. The highest BCUT2D eigenvalue weighted by Gasteiger charge is 2.32. The number of amides is 3. The Kier molecular flexibility index (Phi) is 11.9. The molecule has 47 heavy (non-hydrogen) atoms. The molecule has 12 nitrogen and oxygen atoms in total. The van der Waals surface area contributed by atoms with Crippen molar-refractivity contribution in [3.63, 3.8) is 0 Å². The summed E-state index contributed by atoms with van der Waals surface area (Å²) in [4.78, 5) is 64.8. The molecule has 0 bridgehead atoms. The topological polar surface area (TPSA) is 143 Å². The summed E-state index contributed by atoms with van der Waals surface area (Å²) < 4.78 is 10.5. The lowest BCUT2D eigenvalue weighted by Gasteiger charge is -2.36. The molecule has 0 aliphatic carbocycles. The van der Waals surface area contributed by atoms with Crippen molar-refractivity contribution in [2.45, 2.75) is 65.1 Å². The first-order chi connectivity index (χ1) is 22.4. The number of anilines is 1. The van der Waals surface area contributed by atoms with Gasteiger partial charge in [0.2, 0.25) is 5.91 Å². The van der Waals surface area contributed by atoms with Crippen LogP contribution in [0.2, 0.25) is 0 Å². The summed E-state index contributed by atoms with van der Waals surface area (Å²) in [6, 6.07) is 19.5. The Balaban J connectivity index is 1.57. The molecule has 1 aromatic heterocycles. The van der Waals surface area contributed by atoms with Crippen LogP contribution in [0.3, 0.4) is 0 Å². The van der Waals surface area contributed by atoms with Gasteiger partial charge in [0, 0.05) is 50.3 Å². The predicted octanol–water partition coefficient (Wildman–Crippen LogP) is 4.84. The zero-order valence-corrected chi connectivity index (χ0v) is 27.7. The van der Waals surface area contributed by atoms with E-state index >= 15 is 0 Å². The molecule has 0 saturated carbocycles. The molecule has 0 spiro atoms. The second kappa shape index (κ2) is 16.0. The van der Waals surface area contributed by atoms with Crippen LogP contribution >= 0.6 is 0 Å². The lowest BCUT2D eigenvalue weighted by molar-refractivity contribution is -0.155. The largest absolute Gasteiger partial charge is 0.460 e. The number of piperazine rings is 1. The maximum Gasteiger partial charge on any atom is 0.409 e. The fourth-order valence-corrected chi connectivity index (χ4v) is 5.09. The van der Waals surface area contributed by atoms with E-state index in [-0.39, 0.29) is 63.3 Å². The number of hydrogen-bond donors (Lipinski definition) is 2. The number of nitrogens with one attached hydrogen (secondary N) is 2. The van der Waals surface area contributed by atoms with Crippen molar-refractivity contribution >= 4 is 29.7 Å². The lowest BCUT2D eigenvalue weighted by Crippen LogP contribution is -2.56. The van der Waals surface area contributed by atoms with Gasteiger partial charge in [-0.25, -0.2) is 14.8 Å². The third-order valence-corrected chi connectivity index (χ3v) is 7.43. The van der Waals surface area contributed by atoms with Crippen LogP contribution in [0.4, 0.5) is 10.6 Å². The Morgan fingerprint density at radius 3 is 2.13 bits per heavy atom. The summed E-state index contributed by atoms with van der Waals surface area (Å²) in [5.41, 5.74) is 1.12. The number of carbonyl (C=O) groups is 4. The van der Waals surface area contributed by atoms with E-state index in [0.29, 0.717) is 11.6 Å². The van der Waals surface area contributed by atoms with E-state index in [1.54, 1.807) is 43.6 Å². The molecule has 2 N–H and O–H groups in total. The highest BCUT2D eigenvalue weighted by molar-refractivity contribution is 5.97. The number of nitrogens with zero attached hydrogens (tertiary/aromatic N) is 4. The third-order valence-electron chi connectivity index (χ3n) is 7.43. The standard InChI is InChI=1S/C35H44N6O6/c1-6-46-34(45)41-21-19-40(20-22-41)33(44)27(17-18-30(42)47-35(3,4)5)38-32(43)28-23-29(36-24(2)25-13-9-7-10-14-25)39-31(37-28)26-15-11-8-12-16-26/h7-16,23-24,27H,6,17-22H2,1-5H3,(H,38,43)(H,36,37,39)/t24-,27?/m1/s1. The van der Waals surface area contributed by atoms with Crippen LogP contribution in [0.1, 0.15) is 69.6 Å². The molecule has 2 atom stereocenters. The highest BCUT2D eigenvalue weighted by atomic mass is 16.6. The van der Waals surface area contributed by atoms with Crippen LogP contribution in [0.25, 0.3) is 11.4 Å². The van der Waals surface area contributed by atoms with Crippen LogP contribution in [0.5, 0.6) is 0 Å². The van der Waals surface area contributed by atoms with Gasteiger partial charge in [0.1, 0.15) is 23.2 Å². The Labute approximate surface area is 275 Å². The molecular formula is C35H44N6O6. The van der Waals surface area contributed by atoms with Gasteiger partial charge in [-0.1, -0.05) is 60.7 Å². The van der Waals surface area contributed by atoms with Crippen LogP contribution in [0, 0.1) is 0 Å². The maximum absolute atomic E-state index is 13.8. The van der Waals surface area contributed by atoms with Gasteiger partial charge in [-0.05, 0) is 46.6 Å². The molecule has 250 valence electrons. The molecule has 1 aliphatic rings. The molecule has 3 amide bonds. The summed E-state index contributed by atoms with van der Waals surface area (Å²) in [6.45, 7) is 10.4. The van der Waals surface area contributed by atoms with Gasteiger partial charge in [-0.2, -0.15) is 0 Å². The van der Waals surface area contributed by atoms with Gasteiger partial charge in [0.25, 0.3) is 5.91 Å². The second-order valence-corrected chi connectivity index (χ2v) is 12.3. The second-order valence-electron chi connectivity index (χ2n) is 12.3. The zero-order valence-electron chi connectivity index (χ0n) is 27.7. The lowest BCUT2D eigenvalue weighted by atomic mass is 10.1. The molecule has 0 radical (unpaired) electrons. The fraction of sp³-hybridized carbons (Fsp3) is 0.429. The monoisotopic (exact) mass is 644 g/mol. The molecule has 1 aliphatic heterocycles. The first-order valence-corrected chi connectivity index (χ1v) is 15.9. The minimum absolute atomic E-state index is 0.0182. The van der Waals surface area contributed by atoms with Gasteiger partial charge in [0.05, 0.1) is 6.61 Å². The molecule has 12 heteroatoms. The van der Waals surface area contributed by atoms with Crippen molar-refractivity contribution < 1.29 is 28.7 Å². The number of carbonyl (C=O) groups excluding carboxylic acids is 4. The van der Waals surface area contributed by atoms with E-state index < -0.39 is 29.6 Å². The minimum Gasteiger partial charge on any atom is -0.460 e. The van der Waals surface area contributed by atoms with Crippen molar-refractivity contribution in [2.75, 3.05) is 38.1 Å². The molecule has 4 rings (SSSR count). The van der Waals surface area contributed by atoms with Crippen molar-refractivity contribution in [1.29, 1.82) is 0 Å². The van der Waals surface area contributed by atoms with E-state index in [0.717, 1.165) is 11.1 Å². The number of aromatic nitrogens is 2. The molecule has 1 saturated heterocycles. The predicted molar refractivity (Wildman–Crippen MR) is 177 cm³/mol. The minimum atomic E-state index is -1.04. The van der Waals surface area contributed by atoms with E-state index in [2.05, 4.69) is 20.6 Å². The van der Waals surface area contributed by atoms with Crippen LogP contribution < -0.4 is 10.6 Å². The van der Waals surface area contributed by atoms with Gasteiger partial charge in [-0.15, -0.1) is 0 Å². The van der Waals surface area contributed by atoms with Gasteiger partial charge >= 0.3 is 12.1 Å². The van der Waals surface area contributed by atoms with Gasteiger partial charge in [0.15, 0.2) is 5.82 Å². The Morgan fingerprint density at radius 2 is 1.51 bits per heavy atom. The van der Waals surface area contributed by atoms with Crippen molar-refractivity contribution in [3.05, 3.63) is 78.0 Å². The van der Waals surface area contributed by atoms with E-state index in [1.807, 2.05) is 67.6 Å². The average Bonchev–Trinajstić information content (AvgIpc) is 3.06. The average molecular weight is 645 g/mol. The smallest absolute Gasteiger partial charge is 0.409 e. The summed E-state index contributed by atoms with van der Waals surface area (Å²) in [6.07, 6.45) is -0.500. The van der Waals surface area contributed by atoms with Crippen LogP contribution in [-0.2, 0) is 19.1 Å². The van der Waals surface area contributed by atoms with Crippen LogP contribution in [-0.4, -0.2) is 88.1 Å². The Bertz CT molecular complexity index is 1520. The molecule has 2 heterocycles. The summed E-state index contributed by atoms with van der Waals surface area (Å²) in [5, 5.41) is 6.20. The van der Waals surface area contributed by atoms with E-state index in [4.69, 9.17) is 9.47 Å². The molecule has 3 aromatic rings. The third kappa shape index (κ3) is 10.2. The van der Waals surface area contributed by atoms with Gasteiger partial charge in [-0.3, -0.25) is 14.4 Å². The zero-order chi connectivity index (χ0) is 34.0.